The minimum absolute atomic E-state index is 0.299. The molecule has 0 fully saturated rings. The Hall–Kier alpha value is -2.88. The number of hydrogen-bond donors (Lipinski definition) is 2. The molecule has 28 heavy (non-hydrogen) atoms. The summed E-state index contributed by atoms with van der Waals surface area (Å²) in [5.41, 5.74) is 3.63. The van der Waals surface area contributed by atoms with Crippen LogP contribution >= 0.6 is 0 Å². The number of ether oxygens (including phenoxy) is 2. The maximum absolute atomic E-state index is 9.99. The quantitative estimate of drug-likeness (QED) is 0.706. The average Bonchev–Trinajstić information content (AvgIpc) is 2.60. The molecule has 148 valence electrons. The molecule has 4 nitrogen and oxygen atoms in total. The molecular formula is C24H28O4. The first-order valence-corrected chi connectivity index (χ1v) is 9.44. The molecule has 0 bridgehead atoms. The summed E-state index contributed by atoms with van der Waals surface area (Å²) in [6.07, 6.45) is 4.63. The van der Waals surface area contributed by atoms with Crippen LogP contribution < -0.4 is 9.47 Å². The fraction of sp³-hybridized carbons (Fsp3) is 0.333. The number of aryl methyl sites for hydroxylation is 4. The third-order valence-electron chi connectivity index (χ3n) is 5.16. The predicted octanol–water partition coefficient (Wildman–Crippen LogP) is 5.78. The van der Waals surface area contributed by atoms with E-state index in [1.807, 2.05) is 78.0 Å². The van der Waals surface area contributed by atoms with Crippen LogP contribution in [0.15, 0.2) is 47.7 Å². The Morgan fingerprint density at radius 2 is 1.25 bits per heavy atom. The molecule has 3 rings (SSSR count). The molecule has 2 aromatic carbocycles. The molecule has 1 aliphatic carbocycles. The van der Waals surface area contributed by atoms with Gasteiger partial charge in [0, 0.05) is 6.42 Å². The van der Waals surface area contributed by atoms with E-state index in [9.17, 15) is 10.2 Å². The van der Waals surface area contributed by atoms with Crippen molar-refractivity contribution in [1.29, 1.82) is 0 Å². The van der Waals surface area contributed by atoms with E-state index in [-0.39, 0.29) is 0 Å². The van der Waals surface area contributed by atoms with Crippen LogP contribution in [0.25, 0.3) is 0 Å². The number of phenolic OH excluding ortho intramolecular Hbond substituents is 2. The van der Waals surface area contributed by atoms with E-state index in [1.54, 1.807) is 0 Å². The summed E-state index contributed by atoms with van der Waals surface area (Å²) < 4.78 is 12.5. The second-order valence-corrected chi connectivity index (χ2v) is 7.94. The zero-order chi connectivity index (χ0) is 20.6. The summed E-state index contributed by atoms with van der Waals surface area (Å²) in [4.78, 5) is 0. The van der Waals surface area contributed by atoms with Crippen LogP contribution in [-0.2, 0) is 0 Å². The lowest BCUT2D eigenvalue weighted by molar-refractivity contribution is 0.124. The fourth-order valence-electron chi connectivity index (χ4n) is 3.46. The Bertz CT molecular complexity index is 938. The third kappa shape index (κ3) is 4.01. The maximum Gasteiger partial charge on any atom is 0.132 e. The smallest absolute Gasteiger partial charge is 0.132 e. The Labute approximate surface area is 166 Å². The van der Waals surface area contributed by atoms with Gasteiger partial charge in [0.2, 0.25) is 0 Å². The molecule has 2 N–H and O–H groups in total. The zero-order valence-electron chi connectivity index (χ0n) is 17.4. The summed E-state index contributed by atoms with van der Waals surface area (Å²) in [5, 5.41) is 20.0. The van der Waals surface area contributed by atoms with Crippen molar-refractivity contribution in [3.05, 3.63) is 70.0 Å². The average molecular weight is 380 g/mol. The maximum atomic E-state index is 9.99. The van der Waals surface area contributed by atoms with Crippen LogP contribution in [0.2, 0.25) is 0 Å². The summed E-state index contributed by atoms with van der Waals surface area (Å²) in [6, 6.07) is 7.37. The Kier molecular flexibility index (Phi) is 5.16. The van der Waals surface area contributed by atoms with Crippen LogP contribution in [0.5, 0.6) is 23.0 Å². The van der Waals surface area contributed by atoms with Gasteiger partial charge in [-0.1, -0.05) is 6.08 Å². The molecule has 4 heteroatoms. The lowest BCUT2D eigenvalue weighted by Crippen LogP contribution is -2.33. The molecule has 0 radical (unpaired) electrons. The highest BCUT2D eigenvalue weighted by Gasteiger charge is 2.30. The van der Waals surface area contributed by atoms with E-state index in [2.05, 4.69) is 0 Å². The van der Waals surface area contributed by atoms with Crippen molar-refractivity contribution in [2.45, 2.75) is 53.6 Å². The van der Waals surface area contributed by atoms with Gasteiger partial charge in [-0.25, -0.2) is 0 Å². The summed E-state index contributed by atoms with van der Waals surface area (Å²) >= 11 is 0. The summed E-state index contributed by atoms with van der Waals surface area (Å²) in [7, 11) is 0. The van der Waals surface area contributed by atoms with Crippen LogP contribution in [0.3, 0.4) is 0 Å². The van der Waals surface area contributed by atoms with Crippen LogP contribution in [0.1, 0.15) is 42.5 Å². The first-order valence-electron chi connectivity index (χ1n) is 9.44. The molecule has 1 atom stereocenters. The van der Waals surface area contributed by atoms with Crippen LogP contribution in [0, 0.1) is 27.7 Å². The van der Waals surface area contributed by atoms with Gasteiger partial charge in [0.1, 0.15) is 34.4 Å². The standard InChI is InChI=1S/C24H28O4/c1-14-7-8-24(6,28-20-11-17(4)23(26)18(5)12-20)13-21(14)27-19-9-15(2)22(25)16(3)10-19/h7-12,25-26H,13H2,1-6H3. The lowest BCUT2D eigenvalue weighted by Gasteiger charge is -2.32. The number of benzene rings is 2. The van der Waals surface area contributed by atoms with E-state index in [4.69, 9.17) is 9.47 Å². The molecule has 0 spiro atoms. The van der Waals surface area contributed by atoms with E-state index in [0.717, 1.165) is 39.3 Å². The van der Waals surface area contributed by atoms with E-state index in [0.29, 0.717) is 23.7 Å². The minimum Gasteiger partial charge on any atom is -0.507 e. The van der Waals surface area contributed by atoms with Gasteiger partial charge in [-0.05, 0) is 99.7 Å². The van der Waals surface area contributed by atoms with Gasteiger partial charge in [0.15, 0.2) is 0 Å². The van der Waals surface area contributed by atoms with Gasteiger partial charge in [-0.2, -0.15) is 0 Å². The first kappa shape index (κ1) is 19.9. The molecular weight excluding hydrogens is 352 g/mol. The van der Waals surface area contributed by atoms with Crippen molar-refractivity contribution in [1.82, 2.24) is 0 Å². The number of aromatic hydroxyl groups is 2. The van der Waals surface area contributed by atoms with Crippen LogP contribution in [-0.4, -0.2) is 15.8 Å². The van der Waals surface area contributed by atoms with Crippen molar-refractivity contribution < 1.29 is 19.7 Å². The Balaban J connectivity index is 1.83. The van der Waals surface area contributed by atoms with Crippen LogP contribution in [0.4, 0.5) is 0 Å². The normalized spacial score (nSPS) is 19.1. The van der Waals surface area contributed by atoms with Crippen molar-refractivity contribution >= 4 is 0 Å². The molecule has 0 saturated heterocycles. The Morgan fingerprint density at radius 3 is 1.75 bits per heavy atom. The first-order chi connectivity index (χ1) is 13.1. The molecule has 1 aliphatic rings. The zero-order valence-corrected chi connectivity index (χ0v) is 17.4. The van der Waals surface area contributed by atoms with Gasteiger partial charge in [-0.3, -0.25) is 0 Å². The van der Waals surface area contributed by atoms with Gasteiger partial charge < -0.3 is 19.7 Å². The molecule has 0 saturated carbocycles. The van der Waals surface area contributed by atoms with Crippen molar-refractivity contribution in [3.63, 3.8) is 0 Å². The number of phenols is 2. The molecule has 0 amide bonds. The highest BCUT2D eigenvalue weighted by atomic mass is 16.5. The molecule has 2 aromatic rings. The van der Waals surface area contributed by atoms with E-state index in [1.165, 1.54) is 0 Å². The highest BCUT2D eigenvalue weighted by Crippen LogP contribution is 2.36. The largest absolute Gasteiger partial charge is 0.507 e. The van der Waals surface area contributed by atoms with E-state index >= 15 is 0 Å². The lowest BCUT2D eigenvalue weighted by atomic mass is 9.92. The second kappa shape index (κ2) is 7.27. The topological polar surface area (TPSA) is 58.9 Å². The van der Waals surface area contributed by atoms with Gasteiger partial charge in [0.05, 0.1) is 0 Å². The van der Waals surface area contributed by atoms with Gasteiger partial charge in [-0.15, -0.1) is 0 Å². The molecule has 0 aromatic heterocycles. The minimum atomic E-state index is -0.564. The second-order valence-electron chi connectivity index (χ2n) is 7.94. The van der Waals surface area contributed by atoms with Gasteiger partial charge in [0.25, 0.3) is 0 Å². The number of rotatable bonds is 4. The van der Waals surface area contributed by atoms with E-state index < -0.39 is 5.60 Å². The van der Waals surface area contributed by atoms with Crippen molar-refractivity contribution in [2.24, 2.45) is 0 Å². The van der Waals surface area contributed by atoms with Crippen molar-refractivity contribution in [3.8, 4) is 23.0 Å². The van der Waals surface area contributed by atoms with Gasteiger partial charge >= 0.3 is 0 Å². The number of allylic oxidation sites excluding steroid dienone is 2. The highest BCUT2D eigenvalue weighted by molar-refractivity contribution is 5.47. The fourth-order valence-corrected chi connectivity index (χ4v) is 3.46. The summed E-state index contributed by atoms with van der Waals surface area (Å²) in [6.45, 7) is 11.5. The SMILES string of the molecule is CC1=C(Oc2cc(C)c(O)c(C)c2)CC(C)(Oc2cc(C)c(O)c(C)c2)C=C1. The van der Waals surface area contributed by atoms with Crippen molar-refractivity contribution in [2.75, 3.05) is 0 Å². The molecule has 0 heterocycles. The summed E-state index contributed by atoms with van der Waals surface area (Å²) in [5.74, 6) is 2.86. The third-order valence-corrected chi connectivity index (χ3v) is 5.16. The molecule has 0 aliphatic heterocycles. The number of hydrogen-bond acceptors (Lipinski definition) is 4. The monoisotopic (exact) mass is 380 g/mol. The molecule has 1 unspecified atom stereocenters. The Morgan fingerprint density at radius 1 is 0.786 bits per heavy atom. The predicted molar refractivity (Wildman–Crippen MR) is 111 cm³/mol.